The van der Waals surface area contributed by atoms with Gasteiger partial charge in [-0.15, -0.1) is 0 Å². The molecule has 2 atom stereocenters. The summed E-state index contributed by atoms with van der Waals surface area (Å²) in [6.07, 6.45) is 8.38. The summed E-state index contributed by atoms with van der Waals surface area (Å²) in [5.74, 6) is 1.14. The van der Waals surface area contributed by atoms with E-state index in [9.17, 15) is 18.0 Å². The Labute approximate surface area is 165 Å². The molecule has 3 saturated carbocycles. The van der Waals surface area contributed by atoms with Crippen LogP contribution in [0.25, 0.3) is 0 Å². The van der Waals surface area contributed by atoms with E-state index in [-0.39, 0.29) is 17.9 Å². The number of carbonyl (C=O) groups is 1. The second-order valence-electron chi connectivity index (χ2n) is 9.00. The minimum Gasteiger partial charge on any atom is -0.349 e. The van der Waals surface area contributed by atoms with Crippen molar-refractivity contribution in [2.24, 2.45) is 11.8 Å². The summed E-state index contributed by atoms with van der Waals surface area (Å²) in [5.41, 5.74) is 0.376. The average molecular weight is 393 g/mol. The molecule has 3 aliphatic rings. The smallest absolute Gasteiger partial charge is 0.349 e. The van der Waals surface area contributed by atoms with Gasteiger partial charge in [-0.25, -0.2) is 0 Å². The predicted molar refractivity (Wildman–Crippen MR) is 103 cm³/mol. The maximum Gasteiger partial charge on any atom is 0.416 e. The van der Waals surface area contributed by atoms with E-state index >= 15 is 0 Å². The molecule has 5 heteroatoms. The maximum atomic E-state index is 13.1. The molecule has 28 heavy (non-hydrogen) atoms. The summed E-state index contributed by atoms with van der Waals surface area (Å²) >= 11 is 0. The molecule has 1 N–H and O–H groups in total. The molecular formula is C23H30F3NO. The third kappa shape index (κ3) is 4.38. The van der Waals surface area contributed by atoms with Gasteiger partial charge in [0.25, 0.3) is 5.91 Å². The fourth-order valence-corrected chi connectivity index (χ4v) is 5.40. The molecule has 1 aromatic rings. The Hall–Kier alpha value is -1.52. The van der Waals surface area contributed by atoms with Crippen LogP contribution >= 0.6 is 0 Å². The second-order valence-corrected chi connectivity index (χ2v) is 9.00. The Morgan fingerprint density at radius 1 is 0.893 bits per heavy atom. The highest BCUT2D eigenvalue weighted by molar-refractivity contribution is 5.96. The number of nitrogens with one attached hydrogen (secondary N) is 1. The summed E-state index contributed by atoms with van der Waals surface area (Å²) in [6.45, 7) is 0. The van der Waals surface area contributed by atoms with Gasteiger partial charge in [-0.05, 0) is 67.2 Å². The van der Waals surface area contributed by atoms with Crippen molar-refractivity contribution < 1.29 is 18.0 Å². The fourth-order valence-electron chi connectivity index (χ4n) is 5.40. The van der Waals surface area contributed by atoms with Crippen LogP contribution in [-0.2, 0) is 6.18 Å². The molecule has 2 nitrogen and oxygen atoms in total. The first-order chi connectivity index (χ1) is 13.4. The van der Waals surface area contributed by atoms with Gasteiger partial charge in [0.1, 0.15) is 0 Å². The van der Waals surface area contributed by atoms with Gasteiger partial charge in [-0.1, -0.05) is 44.9 Å². The van der Waals surface area contributed by atoms with E-state index in [0.29, 0.717) is 23.0 Å². The highest BCUT2D eigenvalue weighted by atomic mass is 19.4. The van der Waals surface area contributed by atoms with Crippen molar-refractivity contribution in [2.45, 2.75) is 88.8 Å². The zero-order valence-corrected chi connectivity index (χ0v) is 16.4. The van der Waals surface area contributed by atoms with Gasteiger partial charge in [0.05, 0.1) is 5.56 Å². The highest BCUT2D eigenvalue weighted by Crippen LogP contribution is 2.44. The fraction of sp³-hybridized carbons (Fsp3) is 0.696. The largest absolute Gasteiger partial charge is 0.416 e. The molecule has 0 aliphatic heterocycles. The van der Waals surface area contributed by atoms with Gasteiger partial charge in [-0.2, -0.15) is 13.2 Å². The van der Waals surface area contributed by atoms with Crippen LogP contribution in [0, 0.1) is 11.8 Å². The first-order valence-electron chi connectivity index (χ1n) is 11.0. The van der Waals surface area contributed by atoms with Gasteiger partial charge < -0.3 is 5.32 Å². The van der Waals surface area contributed by atoms with E-state index in [1.54, 1.807) is 0 Å². The number of amides is 1. The third-order valence-corrected chi connectivity index (χ3v) is 7.03. The van der Waals surface area contributed by atoms with Gasteiger partial charge in [0, 0.05) is 11.6 Å². The van der Waals surface area contributed by atoms with Crippen LogP contribution in [0.3, 0.4) is 0 Å². The number of alkyl halides is 3. The Bertz CT molecular complexity index is 702. The van der Waals surface area contributed by atoms with Crippen LogP contribution < -0.4 is 5.32 Å². The van der Waals surface area contributed by atoms with Crippen LogP contribution in [0.5, 0.6) is 0 Å². The van der Waals surface area contributed by atoms with Crippen molar-refractivity contribution in [3.63, 3.8) is 0 Å². The Balaban J connectivity index is 1.50. The predicted octanol–water partition coefficient (Wildman–Crippen LogP) is 6.45. The normalized spacial score (nSPS) is 26.8. The van der Waals surface area contributed by atoms with Crippen molar-refractivity contribution >= 4 is 5.91 Å². The zero-order chi connectivity index (χ0) is 19.7. The van der Waals surface area contributed by atoms with Crippen LogP contribution in [0.4, 0.5) is 13.2 Å². The minimum absolute atomic E-state index is 0.101. The molecule has 0 radical (unpaired) electrons. The topological polar surface area (TPSA) is 29.1 Å². The quantitative estimate of drug-likeness (QED) is 0.585. The summed E-state index contributed by atoms with van der Waals surface area (Å²) in [6, 6.07) is 3.81. The van der Waals surface area contributed by atoms with Gasteiger partial charge in [0.15, 0.2) is 0 Å². The summed E-state index contributed by atoms with van der Waals surface area (Å²) in [4.78, 5) is 13.0. The number of rotatable bonds is 4. The molecule has 0 bridgehead atoms. The maximum absolute atomic E-state index is 13.1. The lowest BCUT2D eigenvalue weighted by Gasteiger charge is -2.29. The number of halogens is 3. The van der Waals surface area contributed by atoms with Crippen LogP contribution in [0.15, 0.2) is 18.2 Å². The molecule has 0 spiro atoms. The van der Waals surface area contributed by atoms with Crippen LogP contribution in [0.2, 0.25) is 0 Å². The molecule has 154 valence electrons. The molecule has 1 aromatic carbocycles. The molecule has 0 saturated heterocycles. The number of benzene rings is 1. The average Bonchev–Trinajstić information content (AvgIpc) is 3.45. The van der Waals surface area contributed by atoms with E-state index in [1.807, 2.05) is 0 Å². The Morgan fingerprint density at radius 2 is 1.61 bits per heavy atom. The second kappa shape index (κ2) is 8.08. The molecule has 1 amide bonds. The molecule has 0 aromatic heterocycles. The highest BCUT2D eigenvalue weighted by Gasteiger charge is 2.37. The monoisotopic (exact) mass is 393 g/mol. The minimum atomic E-state index is -4.37. The lowest BCUT2D eigenvalue weighted by Crippen LogP contribution is -2.40. The van der Waals surface area contributed by atoms with Gasteiger partial charge in [0.2, 0.25) is 0 Å². The molecular weight excluding hydrogens is 363 g/mol. The SMILES string of the molecule is O=C(NC1CCCC1C1CCCCCC1)c1ccc(C(F)(F)F)cc1C1CC1. The lowest BCUT2D eigenvalue weighted by molar-refractivity contribution is -0.137. The van der Waals surface area contributed by atoms with Crippen molar-refractivity contribution in [2.75, 3.05) is 0 Å². The number of hydrogen-bond acceptors (Lipinski definition) is 1. The van der Waals surface area contributed by atoms with Gasteiger partial charge in [-0.3, -0.25) is 4.79 Å². The molecule has 2 unspecified atom stereocenters. The Kier molecular flexibility index (Phi) is 5.71. The zero-order valence-electron chi connectivity index (χ0n) is 16.4. The van der Waals surface area contributed by atoms with Crippen molar-refractivity contribution in [3.8, 4) is 0 Å². The van der Waals surface area contributed by atoms with Crippen LogP contribution in [-0.4, -0.2) is 11.9 Å². The standard InChI is InChI=1S/C23H30F3NO/c24-23(25,26)17-12-13-19(20(14-17)16-10-11-16)22(28)27-21-9-5-8-18(21)15-6-3-1-2-4-7-15/h12-16,18,21H,1-11H2,(H,27,28). The number of carbonyl (C=O) groups excluding carboxylic acids is 1. The lowest BCUT2D eigenvalue weighted by atomic mass is 9.82. The molecule has 0 heterocycles. The van der Waals surface area contributed by atoms with Crippen molar-refractivity contribution in [1.82, 2.24) is 5.32 Å². The first kappa shape index (κ1) is 19.8. The third-order valence-electron chi connectivity index (χ3n) is 7.03. The molecule has 4 rings (SSSR count). The Morgan fingerprint density at radius 3 is 2.25 bits per heavy atom. The first-order valence-corrected chi connectivity index (χ1v) is 11.0. The van der Waals surface area contributed by atoms with E-state index in [4.69, 9.17) is 0 Å². The molecule has 3 aliphatic carbocycles. The summed E-state index contributed by atoms with van der Waals surface area (Å²) in [5, 5.41) is 3.22. The van der Waals surface area contributed by atoms with Crippen molar-refractivity contribution in [1.29, 1.82) is 0 Å². The summed E-state index contributed by atoms with van der Waals surface area (Å²) < 4.78 is 39.3. The van der Waals surface area contributed by atoms with Crippen LogP contribution in [0.1, 0.15) is 98.0 Å². The van der Waals surface area contributed by atoms with E-state index < -0.39 is 11.7 Å². The molecule has 3 fully saturated rings. The van der Waals surface area contributed by atoms with Crippen molar-refractivity contribution in [3.05, 3.63) is 34.9 Å². The van der Waals surface area contributed by atoms with E-state index in [0.717, 1.165) is 38.2 Å². The van der Waals surface area contributed by atoms with Gasteiger partial charge >= 0.3 is 6.18 Å². The van der Waals surface area contributed by atoms with E-state index in [1.165, 1.54) is 50.7 Å². The number of hydrogen-bond donors (Lipinski definition) is 1. The van der Waals surface area contributed by atoms with E-state index in [2.05, 4.69) is 5.32 Å². The summed E-state index contributed by atoms with van der Waals surface area (Å²) in [7, 11) is 0.